The van der Waals surface area contributed by atoms with Crippen molar-refractivity contribution in [2.24, 2.45) is 0 Å². The molecule has 0 bridgehead atoms. The van der Waals surface area contributed by atoms with Gasteiger partial charge in [0.2, 0.25) is 0 Å². The Bertz CT molecular complexity index is 945. The van der Waals surface area contributed by atoms with Crippen LogP contribution in [0.1, 0.15) is 42.9 Å². The van der Waals surface area contributed by atoms with E-state index in [0.29, 0.717) is 5.56 Å². The average molecular weight is 334 g/mol. The van der Waals surface area contributed by atoms with Crippen molar-refractivity contribution in [2.75, 3.05) is 0 Å². The second-order valence-corrected chi connectivity index (χ2v) is 6.20. The molecule has 3 aromatic carbocycles. The molecule has 0 fully saturated rings. The molecule has 0 aliphatic heterocycles. The fraction of sp³-hybridized carbons (Fsp3) is 0.217. The molecule has 0 atom stereocenters. The Morgan fingerprint density at radius 3 is 2.52 bits per heavy atom. The molecule has 0 nitrogen and oxygen atoms in total. The summed E-state index contributed by atoms with van der Waals surface area (Å²) in [7, 11) is 0. The Morgan fingerprint density at radius 1 is 0.840 bits per heavy atom. The quantitative estimate of drug-likeness (QED) is 0.391. The number of benzene rings is 3. The molecule has 0 saturated heterocycles. The first kappa shape index (κ1) is 17.2. The fourth-order valence-corrected chi connectivity index (χ4v) is 2.89. The summed E-state index contributed by atoms with van der Waals surface area (Å²) in [4.78, 5) is 0. The van der Waals surface area contributed by atoms with Gasteiger partial charge in [0, 0.05) is 11.1 Å². The van der Waals surface area contributed by atoms with E-state index in [4.69, 9.17) is 0 Å². The second-order valence-electron chi connectivity index (χ2n) is 6.20. The predicted molar refractivity (Wildman–Crippen MR) is 99.5 cm³/mol. The van der Waals surface area contributed by atoms with Gasteiger partial charge in [0.1, 0.15) is 0 Å². The number of hydrogen-bond donors (Lipinski definition) is 0. The van der Waals surface area contributed by atoms with Crippen LogP contribution in [0.2, 0.25) is 0 Å². The molecule has 0 amide bonds. The van der Waals surface area contributed by atoms with Crippen LogP contribution in [0.4, 0.5) is 8.78 Å². The molecule has 0 aromatic heterocycles. The maximum atomic E-state index is 13.3. The maximum Gasteiger partial charge on any atom is 0.160 e. The zero-order chi connectivity index (χ0) is 17.6. The van der Waals surface area contributed by atoms with Crippen LogP contribution in [0, 0.1) is 23.5 Å². The van der Waals surface area contributed by atoms with Gasteiger partial charge in [0.25, 0.3) is 0 Å². The lowest BCUT2D eigenvalue weighted by molar-refractivity contribution is 0.508. The molecule has 25 heavy (non-hydrogen) atoms. The van der Waals surface area contributed by atoms with E-state index in [1.807, 2.05) is 12.1 Å². The lowest BCUT2D eigenvalue weighted by atomic mass is 9.99. The zero-order valence-corrected chi connectivity index (χ0v) is 14.3. The molecule has 3 aromatic rings. The van der Waals surface area contributed by atoms with E-state index in [1.165, 1.54) is 30.9 Å². The normalized spacial score (nSPS) is 10.5. The van der Waals surface area contributed by atoms with Gasteiger partial charge in [-0.3, -0.25) is 0 Å². The van der Waals surface area contributed by atoms with E-state index in [1.54, 1.807) is 0 Å². The van der Waals surface area contributed by atoms with Crippen molar-refractivity contribution in [1.82, 2.24) is 0 Å². The van der Waals surface area contributed by atoms with Crippen molar-refractivity contribution >= 4 is 10.8 Å². The lowest BCUT2D eigenvalue weighted by Crippen LogP contribution is -1.88. The van der Waals surface area contributed by atoms with E-state index in [9.17, 15) is 8.78 Å². The van der Waals surface area contributed by atoms with Crippen molar-refractivity contribution in [3.05, 3.63) is 82.9 Å². The Hall–Kier alpha value is -2.66. The molecule has 0 aliphatic carbocycles. The molecule has 0 spiro atoms. The van der Waals surface area contributed by atoms with E-state index >= 15 is 0 Å². The third-order valence-electron chi connectivity index (χ3n) is 4.27. The molecule has 0 saturated carbocycles. The summed E-state index contributed by atoms with van der Waals surface area (Å²) in [5.41, 5.74) is 2.70. The summed E-state index contributed by atoms with van der Waals surface area (Å²) in [5, 5.41) is 2.24. The van der Waals surface area contributed by atoms with Crippen LogP contribution < -0.4 is 0 Å². The summed E-state index contributed by atoms with van der Waals surface area (Å²) in [6, 6.07) is 16.2. The minimum absolute atomic E-state index is 0.465. The minimum Gasteiger partial charge on any atom is -0.204 e. The molecule has 0 aliphatic rings. The van der Waals surface area contributed by atoms with Crippen molar-refractivity contribution in [3.63, 3.8) is 0 Å². The van der Waals surface area contributed by atoms with Crippen molar-refractivity contribution < 1.29 is 8.78 Å². The first-order valence-electron chi connectivity index (χ1n) is 8.66. The zero-order valence-electron chi connectivity index (χ0n) is 14.3. The Morgan fingerprint density at radius 2 is 1.72 bits per heavy atom. The molecular weight excluding hydrogens is 314 g/mol. The van der Waals surface area contributed by atoms with E-state index in [-0.39, 0.29) is 0 Å². The van der Waals surface area contributed by atoms with Crippen LogP contribution in [0.3, 0.4) is 0 Å². The maximum absolute atomic E-state index is 13.3. The largest absolute Gasteiger partial charge is 0.204 e. The number of unbranched alkanes of at least 4 members (excludes halogenated alkanes) is 2. The Labute approximate surface area is 147 Å². The second kappa shape index (κ2) is 7.94. The molecule has 0 N–H and O–H groups in total. The first-order chi connectivity index (χ1) is 12.2. The average Bonchev–Trinajstić information content (AvgIpc) is 2.62. The minimum atomic E-state index is -0.874. The van der Waals surface area contributed by atoms with E-state index in [2.05, 4.69) is 43.0 Å². The van der Waals surface area contributed by atoms with Crippen LogP contribution in [-0.2, 0) is 6.42 Å². The van der Waals surface area contributed by atoms with Gasteiger partial charge in [-0.25, -0.2) is 8.78 Å². The molecule has 2 heteroatoms. The van der Waals surface area contributed by atoms with Gasteiger partial charge in [-0.15, -0.1) is 0 Å². The van der Waals surface area contributed by atoms with Gasteiger partial charge < -0.3 is 0 Å². The van der Waals surface area contributed by atoms with Crippen LogP contribution >= 0.6 is 0 Å². The van der Waals surface area contributed by atoms with Crippen molar-refractivity contribution in [2.45, 2.75) is 32.6 Å². The number of rotatable bonds is 4. The lowest BCUT2D eigenvalue weighted by Gasteiger charge is -2.05. The van der Waals surface area contributed by atoms with Gasteiger partial charge in [-0.2, -0.15) is 0 Å². The summed E-state index contributed by atoms with van der Waals surface area (Å²) >= 11 is 0. The van der Waals surface area contributed by atoms with Crippen LogP contribution in [0.5, 0.6) is 0 Å². The third kappa shape index (κ3) is 4.25. The Kier molecular flexibility index (Phi) is 5.46. The van der Waals surface area contributed by atoms with Gasteiger partial charge >= 0.3 is 0 Å². The van der Waals surface area contributed by atoms with Crippen LogP contribution in [-0.4, -0.2) is 0 Å². The van der Waals surface area contributed by atoms with Crippen LogP contribution in [0.25, 0.3) is 10.8 Å². The number of hydrogen-bond acceptors (Lipinski definition) is 0. The number of halogens is 2. The topological polar surface area (TPSA) is 0 Å². The Balaban J connectivity index is 1.89. The molecule has 126 valence electrons. The number of aryl methyl sites for hydroxylation is 1. The summed E-state index contributed by atoms with van der Waals surface area (Å²) in [6.45, 7) is 2.21. The highest BCUT2D eigenvalue weighted by molar-refractivity contribution is 5.88. The highest BCUT2D eigenvalue weighted by Crippen LogP contribution is 2.21. The third-order valence-corrected chi connectivity index (χ3v) is 4.27. The van der Waals surface area contributed by atoms with Gasteiger partial charge in [0.05, 0.1) is 0 Å². The van der Waals surface area contributed by atoms with Crippen LogP contribution in [0.15, 0.2) is 54.6 Å². The first-order valence-corrected chi connectivity index (χ1v) is 8.66. The smallest absolute Gasteiger partial charge is 0.160 e. The van der Waals surface area contributed by atoms with Gasteiger partial charge in [-0.1, -0.05) is 61.9 Å². The van der Waals surface area contributed by atoms with Gasteiger partial charge in [0.15, 0.2) is 11.6 Å². The highest BCUT2D eigenvalue weighted by atomic mass is 19.2. The predicted octanol–water partition coefficient (Wildman–Crippen LogP) is 6.25. The van der Waals surface area contributed by atoms with E-state index < -0.39 is 11.6 Å². The van der Waals surface area contributed by atoms with E-state index in [0.717, 1.165) is 34.9 Å². The molecule has 0 unspecified atom stereocenters. The molecule has 3 rings (SSSR count). The molecular formula is C23H20F2. The van der Waals surface area contributed by atoms with Gasteiger partial charge in [-0.05, 0) is 53.4 Å². The van der Waals surface area contributed by atoms with Crippen molar-refractivity contribution in [3.8, 4) is 11.8 Å². The monoisotopic (exact) mass is 334 g/mol. The standard InChI is InChI=1S/C23H20F2/c1-2-3-4-6-17-10-13-21-19(7-5-8-20(21)15-17)12-9-18-11-14-22(24)23(25)16-18/h5,7-8,10-11,13-16H,2-4,6H2,1H3. The molecule has 0 heterocycles. The summed E-state index contributed by atoms with van der Waals surface area (Å²) in [5.74, 6) is 4.28. The molecule has 0 radical (unpaired) electrons. The highest BCUT2D eigenvalue weighted by Gasteiger charge is 2.02. The summed E-state index contributed by atoms with van der Waals surface area (Å²) < 4.78 is 26.3. The SMILES string of the molecule is CCCCCc1ccc2c(C#Cc3ccc(F)c(F)c3)cccc2c1. The van der Waals surface area contributed by atoms with Crippen molar-refractivity contribution in [1.29, 1.82) is 0 Å². The summed E-state index contributed by atoms with van der Waals surface area (Å²) in [6.07, 6.45) is 4.77. The number of fused-ring (bicyclic) bond motifs is 1. The fourth-order valence-electron chi connectivity index (χ4n) is 2.89.